The third-order valence-electron chi connectivity index (χ3n) is 3.86. The lowest BCUT2D eigenvalue weighted by atomic mass is 10.1. The van der Waals surface area contributed by atoms with E-state index < -0.39 is 0 Å². The molecule has 1 fully saturated rings. The zero-order chi connectivity index (χ0) is 15.9. The van der Waals surface area contributed by atoms with Crippen LogP contribution >= 0.6 is 0 Å². The maximum Gasteiger partial charge on any atom is 0.251 e. The molecule has 5 nitrogen and oxygen atoms in total. The van der Waals surface area contributed by atoms with Crippen LogP contribution in [0.4, 0.5) is 0 Å². The molecule has 2 aromatic rings. The van der Waals surface area contributed by atoms with Crippen LogP contribution in [-0.2, 0) is 6.61 Å². The molecule has 0 unspecified atom stereocenters. The Morgan fingerprint density at radius 2 is 2.17 bits per heavy atom. The number of piperidine rings is 1. The van der Waals surface area contributed by atoms with E-state index >= 15 is 0 Å². The van der Waals surface area contributed by atoms with E-state index in [1.165, 1.54) is 0 Å². The van der Waals surface area contributed by atoms with Gasteiger partial charge in [-0.05, 0) is 31.0 Å². The minimum atomic E-state index is -0.0781. The van der Waals surface area contributed by atoms with Crippen molar-refractivity contribution < 1.29 is 9.53 Å². The lowest BCUT2D eigenvalue weighted by Gasteiger charge is -2.23. The number of carbonyl (C=O) groups excluding carboxylic acids is 1. The molecule has 5 heteroatoms. The van der Waals surface area contributed by atoms with E-state index in [4.69, 9.17) is 4.74 Å². The lowest BCUT2D eigenvalue weighted by molar-refractivity contribution is 0.0930. The maximum atomic E-state index is 12.3. The summed E-state index contributed by atoms with van der Waals surface area (Å²) in [6.45, 7) is 2.29. The summed E-state index contributed by atoms with van der Waals surface area (Å²) in [7, 11) is 0. The van der Waals surface area contributed by atoms with Crippen LogP contribution in [-0.4, -0.2) is 30.0 Å². The van der Waals surface area contributed by atoms with Crippen molar-refractivity contribution in [2.75, 3.05) is 13.1 Å². The van der Waals surface area contributed by atoms with Gasteiger partial charge < -0.3 is 15.4 Å². The molecule has 2 N–H and O–H groups in total. The number of hydrogen-bond acceptors (Lipinski definition) is 4. The molecule has 3 rings (SSSR count). The molecule has 0 saturated carbocycles. The second-order valence-corrected chi connectivity index (χ2v) is 5.67. The third-order valence-corrected chi connectivity index (χ3v) is 3.86. The van der Waals surface area contributed by atoms with Gasteiger partial charge in [-0.1, -0.05) is 30.3 Å². The van der Waals surface area contributed by atoms with E-state index in [1.54, 1.807) is 18.3 Å². The Bertz CT molecular complexity index is 640. The molecule has 1 aliphatic heterocycles. The molecule has 1 atom stereocenters. The molecular formula is C18H21N3O2. The average molecular weight is 311 g/mol. The minimum Gasteiger partial charge on any atom is -0.473 e. The summed E-state index contributed by atoms with van der Waals surface area (Å²) < 4.78 is 5.67. The molecule has 1 aromatic carbocycles. The number of amides is 1. The topological polar surface area (TPSA) is 63.2 Å². The van der Waals surface area contributed by atoms with Gasteiger partial charge in [0.05, 0.1) is 0 Å². The highest BCUT2D eigenvalue weighted by Gasteiger charge is 2.16. The van der Waals surface area contributed by atoms with Crippen LogP contribution in [0.25, 0.3) is 0 Å². The molecule has 23 heavy (non-hydrogen) atoms. The van der Waals surface area contributed by atoms with Crippen molar-refractivity contribution in [3.63, 3.8) is 0 Å². The first-order valence-electron chi connectivity index (χ1n) is 7.95. The molecule has 1 aromatic heterocycles. The standard InChI is InChI=1S/C18H21N3O2/c22-18(21-16-7-4-9-19-12-16)15-8-10-20-17(11-15)23-13-14-5-2-1-3-6-14/h1-3,5-6,8,10-11,16,19H,4,7,9,12-13H2,(H,21,22)/t16-/m1/s1. The average Bonchev–Trinajstić information content (AvgIpc) is 2.62. The van der Waals surface area contributed by atoms with Gasteiger partial charge in [0.1, 0.15) is 6.61 Å². The largest absolute Gasteiger partial charge is 0.473 e. The Hall–Kier alpha value is -2.40. The fourth-order valence-electron chi connectivity index (χ4n) is 2.60. The number of hydrogen-bond donors (Lipinski definition) is 2. The van der Waals surface area contributed by atoms with Gasteiger partial charge >= 0.3 is 0 Å². The normalized spacial score (nSPS) is 17.5. The Kier molecular flexibility index (Phi) is 5.21. The van der Waals surface area contributed by atoms with Gasteiger partial charge in [-0.3, -0.25) is 4.79 Å². The Morgan fingerprint density at radius 1 is 1.30 bits per heavy atom. The van der Waals surface area contributed by atoms with Crippen LogP contribution in [0.3, 0.4) is 0 Å². The fourth-order valence-corrected chi connectivity index (χ4v) is 2.60. The van der Waals surface area contributed by atoms with Gasteiger partial charge in [-0.15, -0.1) is 0 Å². The van der Waals surface area contributed by atoms with Crippen molar-refractivity contribution in [3.05, 3.63) is 59.8 Å². The fraction of sp³-hybridized carbons (Fsp3) is 0.333. The summed E-state index contributed by atoms with van der Waals surface area (Å²) in [4.78, 5) is 16.5. The van der Waals surface area contributed by atoms with Crippen LogP contribution in [0.5, 0.6) is 5.88 Å². The van der Waals surface area contributed by atoms with Crippen LogP contribution < -0.4 is 15.4 Å². The molecule has 2 heterocycles. The summed E-state index contributed by atoms with van der Waals surface area (Å²) in [5.74, 6) is 0.383. The highest BCUT2D eigenvalue weighted by molar-refractivity contribution is 5.94. The van der Waals surface area contributed by atoms with E-state index in [0.717, 1.165) is 31.5 Å². The van der Waals surface area contributed by atoms with Crippen molar-refractivity contribution in [1.82, 2.24) is 15.6 Å². The highest BCUT2D eigenvalue weighted by Crippen LogP contribution is 2.12. The Balaban J connectivity index is 1.59. The molecule has 1 amide bonds. The van der Waals surface area contributed by atoms with E-state index in [9.17, 15) is 4.79 Å². The van der Waals surface area contributed by atoms with Crippen molar-refractivity contribution in [2.24, 2.45) is 0 Å². The monoisotopic (exact) mass is 311 g/mol. The minimum absolute atomic E-state index is 0.0781. The van der Waals surface area contributed by atoms with Crippen molar-refractivity contribution >= 4 is 5.91 Å². The number of ether oxygens (including phenoxy) is 1. The molecule has 0 bridgehead atoms. The first-order chi connectivity index (χ1) is 11.3. The number of aromatic nitrogens is 1. The van der Waals surface area contributed by atoms with Crippen LogP contribution in [0.2, 0.25) is 0 Å². The number of pyridine rings is 1. The van der Waals surface area contributed by atoms with Crippen LogP contribution in [0.1, 0.15) is 28.8 Å². The van der Waals surface area contributed by atoms with E-state index in [1.807, 2.05) is 30.3 Å². The molecule has 0 spiro atoms. The van der Waals surface area contributed by atoms with E-state index in [0.29, 0.717) is 18.1 Å². The molecule has 0 aliphatic carbocycles. The number of nitrogens with zero attached hydrogens (tertiary/aromatic N) is 1. The summed E-state index contributed by atoms with van der Waals surface area (Å²) in [6.07, 6.45) is 3.71. The van der Waals surface area contributed by atoms with Gasteiger partial charge in [0.15, 0.2) is 0 Å². The van der Waals surface area contributed by atoms with E-state index in [2.05, 4.69) is 15.6 Å². The zero-order valence-electron chi connectivity index (χ0n) is 13.0. The highest BCUT2D eigenvalue weighted by atomic mass is 16.5. The van der Waals surface area contributed by atoms with Crippen molar-refractivity contribution in [3.8, 4) is 5.88 Å². The third kappa shape index (κ3) is 4.53. The van der Waals surface area contributed by atoms with E-state index in [-0.39, 0.29) is 11.9 Å². The van der Waals surface area contributed by atoms with Gasteiger partial charge in [-0.2, -0.15) is 0 Å². The Morgan fingerprint density at radius 3 is 2.96 bits per heavy atom. The van der Waals surface area contributed by atoms with Gasteiger partial charge in [0, 0.05) is 30.4 Å². The van der Waals surface area contributed by atoms with Crippen molar-refractivity contribution in [1.29, 1.82) is 0 Å². The first kappa shape index (κ1) is 15.5. The summed E-state index contributed by atoms with van der Waals surface area (Å²) in [5, 5.41) is 6.34. The quantitative estimate of drug-likeness (QED) is 0.888. The molecule has 1 aliphatic rings. The number of rotatable bonds is 5. The Labute approximate surface area is 136 Å². The second kappa shape index (κ2) is 7.74. The lowest BCUT2D eigenvalue weighted by Crippen LogP contribution is -2.45. The first-order valence-corrected chi connectivity index (χ1v) is 7.95. The second-order valence-electron chi connectivity index (χ2n) is 5.67. The molecular weight excluding hydrogens is 290 g/mol. The van der Waals surface area contributed by atoms with Gasteiger partial charge in [0.25, 0.3) is 5.91 Å². The summed E-state index contributed by atoms with van der Waals surface area (Å²) >= 11 is 0. The van der Waals surface area contributed by atoms with Crippen LogP contribution in [0, 0.1) is 0 Å². The van der Waals surface area contributed by atoms with Crippen LogP contribution in [0.15, 0.2) is 48.7 Å². The molecule has 1 saturated heterocycles. The number of benzene rings is 1. The predicted octanol–water partition coefficient (Wildman–Crippen LogP) is 2.14. The zero-order valence-corrected chi connectivity index (χ0v) is 13.0. The van der Waals surface area contributed by atoms with Crippen molar-refractivity contribution in [2.45, 2.75) is 25.5 Å². The van der Waals surface area contributed by atoms with Gasteiger partial charge in [0.2, 0.25) is 5.88 Å². The number of nitrogens with one attached hydrogen (secondary N) is 2. The SMILES string of the molecule is O=C(N[C@@H]1CCCNC1)c1ccnc(OCc2ccccc2)c1. The molecule has 0 radical (unpaired) electrons. The number of carbonyl (C=O) groups is 1. The summed E-state index contributed by atoms with van der Waals surface area (Å²) in [6, 6.07) is 13.5. The predicted molar refractivity (Wildman–Crippen MR) is 88.4 cm³/mol. The summed E-state index contributed by atoms with van der Waals surface area (Å²) in [5.41, 5.74) is 1.64. The molecule has 120 valence electrons. The maximum absolute atomic E-state index is 12.3. The van der Waals surface area contributed by atoms with Gasteiger partial charge in [-0.25, -0.2) is 4.98 Å². The smallest absolute Gasteiger partial charge is 0.251 e.